The third-order valence-electron chi connectivity index (χ3n) is 5.43. The number of halogens is 2. The third-order valence-corrected chi connectivity index (χ3v) is 8.65. The second-order valence-electron chi connectivity index (χ2n) is 7.73. The lowest BCUT2D eigenvalue weighted by Crippen LogP contribution is -2.37. The molecule has 0 spiro atoms. The second-order valence-corrected chi connectivity index (χ2v) is 11.4. The zero-order valence-corrected chi connectivity index (χ0v) is 20.4. The Hall–Kier alpha value is -1.97. The Morgan fingerprint density at radius 2 is 1.81 bits per heavy atom. The highest BCUT2D eigenvalue weighted by Crippen LogP contribution is 2.32. The standard InChI is InChI=1S/C22H21Cl2N3O3S2/c1-14-8-10-27(11-9-14)32(29,30)17-5-2-15(3-6-17)21(28)26-22-25-20(13-31-22)18-7-4-16(23)12-19(18)24/h2-7,12-14H,8-11H2,1H3,(H,25,26,28). The van der Waals surface area contributed by atoms with Crippen molar-refractivity contribution in [3.63, 3.8) is 0 Å². The molecule has 2 heterocycles. The number of amides is 1. The van der Waals surface area contributed by atoms with Crippen LogP contribution in [0.4, 0.5) is 5.13 Å². The molecular formula is C22H21Cl2N3O3S2. The highest BCUT2D eigenvalue weighted by Gasteiger charge is 2.28. The summed E-state index contributed by atoms with van der Waals surface area (Å²) in [6, 6.07) is 11.1. The SMILES string of the molecule is CC1CCN(S(=O)(=O)c2ccc(C(=O)Nc3nc(-c4ccc(Cl)cc4Cl)cs3)cc2)CC1. The minimum Gasteiger partial charge on any atom is -0.298 e. The van der Waals surface area contributed by atoms with Crippen molar-refractivity contribution in [3.8, 4) is 11.3 Å². The van der Waals surface area contributed by atoms with Crippen LogP contribution >= 0.6 is 34.5 Å². The molecule has 1 aliphatic rings. The number of nitrogens with zero attached hydrogens (tertiary/aromatic N) is 2. The number of carbonyl (C=O) groups is 1. The molecule has 0 atom stereocenters. The number of benzene rings is 2. The Labute approximate surface area is 201 Å². The van der Waals surface area contributed by atoms with E-state index < -0.39 is 10.0 Å². The van der Waals surface area contributed by atoms with Gasteiger partial charge in [-0.15, -0.1) is 11.3 Å². The number of hydrogen-bond acceptors (Lipinski definition) is 5. The lowest BCUT2D eigenvalue weighted by Gasteiger charge is -2.29. The van der Waals surface area contributed by atoms with Crippen LogP contribution in [0.5, 0.6) is 0 Å². The predicted octanol–water partition coefficient (Wildman–Crippen LogP) is 5.79. The molecule has 10 heteroatoms. The summed E-state index contributed by atoms with van der Waals surface area (Å²) in [6.45, 7) is 3.18. The van der Waals surface area contributed by atoms with Crippen LogP contribution in [0.1, 0.15) is 30.1 Å². The van der Waals surface area contributed by atoms with Gasteiger partial charge in [-0.1, -0.05) is 30.1 Å². The van der Waals surface area contributed by atoms with E-state index in [1.165, 1.54) is 39.9 Å². The van der Waals surface area contributed by atoms with Gasteiger partial charge in [-0.25, -0.2) is 13.4 Å². The van der Waals surface area contributed by atoms with Crippen LogP contribution in [0.25, 0.3) is 11.3 Å². The fraction of sp³-hybridized carbons (Fsp3) is 0.273. The van der Waals surface area contributed by atoms with Crippen LogP contribution in [-0.2, 0) is 10.0 Å². The van der Waals surface area contributed by atoms with Crippen molar-refractivity contribution in [3.05, 3.63) is 63.5 Å². The van der Waals surface area contributed by atoms with Crippen LogP contribution in [0.2, 0.25) is 10.0 Å². The van der Waals surface area contributed by atoms with E-state index in [0.29, 0.717) is 45.4 Å². The molecule has 0 unspecified atom stereocenters. The molecule has 3 aromatic rings. The maximum absolute atomic E-state index is 12.9. The molecule has 0 aliphatic carbocycles. The molecule has 168 valence electrons. The second kappa shape index (κ2) is 9.49. The molecule has 1 aromatic heterocycles. The van der Waals surface area contributed by atoms with Crippen LogP contribution in [0.15, 0.2) is 52.7 Å². The molecule has 0 radical (unpaired) electrons. The normalized spacial score (nSPS) is 15.6. The third kappa shape index (κ3) is 5.00. The fourth-order valence-corrected chi connectivity index (χ4v) is 6.15. The van der Waals surface area contributed by atoms with Gasteiger partial charge in [-0.05, 0) is 61.2 Å². The van der Waals surface area contributed by atoms with Gasteiger partial charge in [0.15, 0.2) is 5.13 Å². The first kappa shape index (κ1) is 23.2. The first-order valence-electron chi connectivity index (χ1n) is 10.1. The summed E-state index contributed by atoms with van der Waals surface area (Å²) in [5.74, 6) is 0.165. The topological polar surface area (TPSA) is 79.4 Å². The largest absolute Gasteiger partial charge is 0.298 e. The molecule has 1 saturated heterocycles. The van der Waals surface area contributed by atoms with E-state index in [1.54, 1.807) is 23.6 Å². The summed E-state index contributed by atoms with van der Waals surface area (Å²) in [5, 5.41) is 5.95. The van der Waals surface area contributed by atoms with Gasteiger partial charge in [-0.3, -0.25) is 10.1 Å². The quantitative estimate of drug-likeness (QED) is 0.471. The molecule has 1 amide bonds. The summed E-state index contributed by atoms with van der Waals surface area (Å²) in [6.07, 6.45) is 1.72. The van der Waals surface area contributed by atoms with E-state index in [4.69, 9.17) is 23.2 Å². The van der Waals surface area contributed by atoms with Gasteiger partial charge in [0.05, 0.1) is 15.6 Å². The maximum Gasteiger partial charge on any atom is 0.257 e. The number of thiazole rings is 1. The van der Waals surface area contributed by atoms with Gasteiger partial charge in [0, 0.05) is 34.6 Å². The number of nitrogens with one attached hydrogen (secondary N) is 1. The van der Waals surface area contributed by atoms with Crippen LogP contribution in [-0.4, -0.2) is 36.7 Å². The first-order valence-corrected chi connectivity index (χ1v) is 13.1. The minimum absolute atomic E-state index is 0.192. The van der Waals surface area contributed by atoms with Gasteiger partial charge >= 0.3 is 0 Å². The number of carbonyl (C=O) groups excluding carboxylic acids is 1. The zero-order chi connectivity index (χ0) is 22.9. The summed E-state index contributed by atoms with van der Waals surface area (Å²) < 4.78 is 27.2. The van der Waals surface area contributed by atoms with Gasteiger partial charge in [-0.2, -0.15) is 4.31 Å². The molecule has 6 nitrogen and oxygen atoms in total. The lowest BCUT2D eigenvalue weighted by molar-refractivity contribution is 0.102. The minimum atomic E-state index is -3.55. The van der Waals surface area contributed by atoms with E-state index in [2.05, 4.69) is 17.2 Å². The van der Waals surface area contributed by atoms with Crippen molar-refractivity contribution in [1.29, 1.82) is 0 Å². The van der Waals surface area contributed by atoms with Crippen molar-refractivity contribution < 1.29 is 13.2 Å². The van der Waals surface area contributed by atoms with Crippen LogP contribution < -0.4 is 5.32 Å². The summed E-state index contributed by atoms with van der Waals surface area (Å²) in [5.41, 5.74) is 1.69. The van der Waals surface area contributed by atoms with Crippen molar-refractivity contribution in [2.45, 2.75) is 24.7 Å². The predicted molar refractivity (Wildman–Crippen MR) is 129 cm³/mol. The van der Waals surface area contributed by atoms with Gasteiger partial charge in [0.1, 0.15) is 0 Å². The molecule has 1 fully saturated rings. The van der Waals surface area contributed by atoms with E-state index in [0.717, 1.165) is 18.4 Å². The van der Waals surface area contributed by atoms with Crippen LogP contribution in [0.3, 0.4) is 0 Å². The van der Waals surface area contributed by atoms with Crippen LogP contribution in [0, 0.1) is 5.92 Å². The lowest BCUT2D eigenvalue weighted by atomic mass is 10.0. The Kier molecular flexibility index (Phi) is 6.88. The Balaban J connectivity index is 1.45. The summed E-state index contributed by atoms with van der Waals surface area (Å²) in [7, 11) is -3.55. The number of aromatic nitrogens is 1. The van der Waals surface area contributed by atoms with Gasteiger partial charge in [0.2, 0.25) is 10.0 Å². The average molecular weight is 510 g/mol. The highest BCUT2D eigenvalue weighted by molar-refractivity contribution is 7.89. The number of hydrogen-bond donors (Lipinski definition) is 1. The fourth-order valence-electron chi connectivity index (χ4n) is 3.47. The molecule has 0 bridgehead atoms. The van der Waals surface area contributed by atoms with Crippen molar-refractivity contribution in [1.82, 2.24) is 9.29 Å². The number of anilines is 1. The Morgan fingerprint density at radius 1 is 1.12 bits per heavy atom. The average Bonchev–Trinajstić information content (AvgIpc) is 3.22. The highest BCUT2D eigenvalue weighted by atomic mass is 35.5. The van der Waals surface area contributed by atoms with E-state index in [9.17, 15) is 13.2 Å². The monoisotopic (exact) mass is 509 g/mol. The maximum atomic E-state index is 12.9. The molecule has 2 aromatic carbocycles. The molecule has 4 rings (SSSR count). The zero-order valence-electron chi connectivity index (χ0n) is 17.2. The van der Waals surface area contributed by atoms with E-state index >= 15 is 0 Å². The molecule has 1 aliphatic heterocycles. The van der Waals surface area contributed by atoms with Crippen molar-refractivity contribution in [2.75, 3.05) is 18.4 Å². The molecular weight excluding hydrogens is 489 g/mol. The van der Waals surface area contributed by atoms with E-state index in [1.807, 2.05) is 0 Å². The van der Waals surface area contributed by atoms with E-state index in [-0.39, 0.29) is 10.8 Å². The molecule has 0 saturated carbocycles. The Bertz CT molecular complexity index is 1240. The number of rotatable bonds is 5. The number of sulfonamides is 1. The number of piperidine rings is 1. The molecule has 1 N–H and O–H groups in total. The van der Waals surface area contributed by atoms with Crippen molar-refractivity contribution >= 4 is 55.6 Å². The summed E-state index contributed by atoms with van der Waals surface area (Å²) >= 11 is 13.4. The summed E-state index contributed by atoms with van der Waals surface area (Å²) in [4.78, 5) is 17.2. The smallest absolute Gasteiger partial charge is 0.257 e. The van der Waals surface area contributed by atoms with Gasteiger partial charge < -0.3 is 0 Å². The first-order chi connectivity index (χ1) is 15.2. The van der Waals surface area contributed by atoms with Gasteiger partial charge in [0.25, 0.3) is 5.91 Å². The molecule has 32 heavy (non-hydrogen) atoms. The Morgan fingerprint density at radius 3 is 2.47 bits per heavy atom. The van der Waals surface area contributed by atoms with Crippen molar-refractivity contribution in [2.24, 2.45) is 5.92 Å².